The molecule has 0 aliphatic heterocycles. The average Bonchev–Trinajstić information content (AvgIpc) is 2.76. The fourth-order valence-electron chi connectivity index (χ4n) is 3.37. The van der Waals surface area contributed by atoms with Gasteiger partial charge < -0.3 is 10.5 Å². The van der Waals surface area contributed by atoms with E-state index >= 15 is 0 Å². The number of hydrogen-bond donors (Lipinski definition) is 2. The second kappa shape index (κ2) is 24.6. The third-order valence-corrected chi connectivity index (χ3v) is 7.00. The Morgan fingerprint density at radius 2 is 1.22 bits per heavy atom. The first-order valence-electron chi connectivity index (χ1n) is 12.8. The summed E-state index contributed by atoms with van der Waals surface area (Å²) in [5.74, 6) is 0. The first kappa shape index (κ1) is 33.1. The number of unbranched alkanes of at least 4 members (excludes halogenated alkanes) is 16. The highest BCUT2D eigenvalue weighted by atomic mass is 32.2. The van der Waals surface area contributed by atoms with Gasteiger partial charge in [-0.1, -0.05) is 115 Å². The smallest absolute Gasteiger partial charge is 0.405 e. The zero-order valence-corrected chi connectivity index (χ0v) is 22.2. The summed E-state index contributed by atoms with van der Waals surface area (Å²) in [6.45, 7) is 5.62. The van der Waals surface area contributed by atoms with Gasteiger partial charge in [0.25, 0.3) is 0 Å². The lowest BCUT2D eigenvalue weighted by atomic mass is 10.0. The fraction of sp³-hybridized carbons (Fsp3) is 0.880. The SMILES string of the molecule is CC=CCCCCCCCCCCCCCCCCCC.CNS(=O)(=O)C(C)OC(N)=O. The van der Waals surface area contributed by atoms with Gasteiger partial charge in [0.2, 0.25) is 15.5 Å². The summed E-state index contributed by atoms with van der Waals surface area (Å²) >= 11 is 0. The fourth-order valence-corrected chi connectivity index (χ4v) is 3.92. The molecule has 0 aliphatic carbocycles. The molecule has 0 bridgehead atoms. The molecule has 0 radical (unpaired) electrons. The van der Waals surface area contributed by atoms with Gasteiger partial charge in [-0.3, -0.25) is 0 Å². The van der Waals surface area contributed by atoms with Crippen LogP contribution < -0.4 is 10.5 Å². The van der Waals surface area contributed by atoms with Crippen molar-refractivity contribution in [2.45, 2.75) is 135 Å². The number of allylic oxidation sites excluding steroid dienone is 2. The minimum Gasteiger partial charge on any atom is -0.429 e. The molecule has 0 saturated carbocycles. The summed E-state index contributed by atoms with van der Waals surface area (Å²) in [7, 11) is -2.35. The molecule has 0 aliphatic rings. The number of nitrogens with one attached hydrogen (secondary N) is 1. The van der Waals surface area contributed by atoms with Crippen LogP contribution in [0.1, 0.15) is 130 Å². The number of sulfonamides is 1. The molecule has 1 atom stereocenters. The molecule has 7 heteroatoms. The van der Waals surface area contributed by atoms with Crippen LogP contribution in [0.3, 0.4) is 0 Å². The predicted octanol–water partition coefficient (Wildman–Crippen LogP) is 7.19. The summed E-state index contributed by atoms with van der Waals surface area (Å²) in [6.07, 6.45) is 28.0. The van der Waals surface area contributed by atoms with Crippen molar-refractivity contribution in [3.05, 3.63) is 12.2 Å². The summed E-state index contributed by atoms with van der Waals surface area (Å²) in [4.78, 5) is 10.1. The van der Waals surface area contributed by atoms with Gasteiger partial charge in [-0.2, -0.15) is 0 Å². The van der Waals surface area contributed by atoms with Gasteiger partial charge in [0.05, 0.1) is 0 Å². The van der Waals surface area contributed by atoms with E-state index in [9.17, 15) is 13.2 Å². The molecule has 0 saturated heterocycles. The number of carbonyl (C=O) groups is 1. The molecule has 1 unspecified atom stereocenters. The maximum absolute atomic E-state index is 10.8. The van der Waals surface area contributed by atoms with Crippen LogP contribution in [0.2, 0.25) is 0 Å². The number of primary amides is 1. The second-order valence-electron chi connectivity index (χ2n) is 8.41. The van der Waals surface area contributed by atoms with Crippen LogP contribution in [0.5, 0.6) is 0 Å². The number of hydrogen-bond acceptors (Lipinski definition) is 4. The van der Waals surface area contributed by atoms with Crippen molar-refractivity contribution >= 4 is 16.1 Å². The predicted molar refractivity (Wildman–Crippen MR) is 137 cm³/mol. The average molecular weight is 477 g/mol. The summed E-state index contributed by atoms with van der Waals surface area (Å²) in [5, 5.41) is 0. The standard InChI is InChI=1S/C21H42.C4H10N2O4S/c1-3-5-7-9-11-13-15-17-19-21-20-18-16-14-12-10-8-6-4-2;1-3(10-4(5)7)11(8,9)6-2/h3,5H,4,6-21H2,1-2H3;3,6H,1-2H3,(H2,5,7). The van der Waals surface area contributed by atoms with Crippen LogP contribution in [0.4, 0.5) is 4.79 Å². The van der Waals surface area contributed by atoms with E-state index in [-0.39, 0.29) is 0 Å². The van der Waals surface area contributed by atoms with Crippen LogP contribution >= 0.6 is 0 Å². The third kappa shape index (κ3) is 25.2. The Morgan fingerprint density at radius 3 is 1.53 bits per heavy atom. The Bertz CT molecular complexity index is 536. The Hall–Kier alpha value is -1.08. The van der Waals surface area contributed by atoms with Crippen molar-refractivity contribution in [1.82, 2.24) is 4.72 Å². The van der Waals surface area contributed by atoms with Crippen LogP contribution in [-0.2, 0) is 14.8 Å². The molecule has 0 heterocycles. The lowest BCUT2D eigenvalue weighted by Crippen LogP contribution is -2.34. The highest BCUT2D eigenvalue weighted by Crippen LogP contribution is 2.14. The van der Waals surface area contributed by atoms with Crippen LogP contribution in [0, 0.1) is 0 Å². The molecular formula is C25H52N2O4S. The molecule has 192 valence electrons. The molecule has 0 aromatic heterocycles. The molecule has 1 amide bonds. The number of carbonyl (C=O) groups excluding carboxylic acids is 1. The molecule has 0 aromatic carbocycles. The molecule has 6 nitrogen and oxygen atoms in total. The monoisotopic (exact) mass is 476 g/mol. The largest absolute Gasteiger partial charge is 0.429 e. The van der Waals surface area contributed by atoms with Crippen molar-refractivity contribution < 1.29 is 17.9 Å². The van der Waals surface area contributed by atoms with Gasteiger partial charge in [-0.05, 0) is 33.7 Å². The molecule has 0 rings (SSSR count). The van der Waals surface area contributed by atoms with Gasteiger partial charge in [0, 0.05) is 0 Å². The lowest BCUT2D eigenvalue weighted by molar-refractivity contribution is 0.147. The van der Waals surface area contributed by atoms with Crippen molar-refractivity contribution in [3.63, 3.8) is 0 Å². The minimum atomic E-state index is -3.57. The molecular weight excluding hydrogens is 424 g/mol. The van der Waals surface area contributed by atoms with Crippen molar-refractivity contribution in [2.75, 3.05) is 7.05 Å². The Balaban J connectivity index is 0. The molecule has 0 aromatic rings. The van der Waals surface area contributed by atoms with Gasteiger partial charge in [-0.25, -0.2) is 17.9 Å². The molecule has 0 fully saturated rings. The van der Waals surface area contributed by atoms with Crippen molar-refractivity contribution in [2.24, 2.45) is 5.73 Å². The van der Waals surface area contributed by atoms with Gasteiger partial charge in [0.15, 0.2) is 0 Å². The number of rotatable bonds is 20. The summed E-state index contributed by atoms with van der Waals surface area (Å²) in [5.41, 5.74) is 3.33. The van der Waals surface area contributed by atoms with E-state index in [0.717, 1.165) is 0 Å². The van der Waals surface area contributed by atoms with Gasteiger partial charge >= 0.3 is 6.09 Å². The van der Waals surface area contributed by atoms with E-state index < -0.39 is 21.6 Å². The molecule has 3 N–H and O–H groups in total. The zero-order valence-electron chi connectivity index (χ0n) is 21.4. The van der Waals surface area contributed by atoms with E-state index in [1.165, 1.54) is 123 Å². The Morgan fingerprint density at radius 1 is 0.844 bits per heavy atom. The lowest BCUT2D eigenvalue weighted by Gasteiger charge is -2.10. The van der Waals surface area contributed by atoms with Crippen LogP contribution in [0.15, 0.2) is 12.2 Å². The highest BCUT2D eigenvalue weighted by Gasteiger charge is 2.21. The number of nitrogens with two attached hydrogens (primary N) is 1. The van der Waals surface area contributed by atoms with E-state index in [1.54, 1.807) is 0 Å². The Kier molecular flexibility index (Phi) is 25.4. The van der Waals surface area contributed by atoms with E-state index in [2.05, 4.69) is 36.5 Å². The molecule has 0 spiro atoms. The Labute approximate surface area is 199 Å². The first-order chi connectivity index (χ1) is 15.3. The van der Waals surface area contributed by atoms with E-state index in [1.807, 2.05) is 4.72 Å². The highest BCUT2D eigenvalue weighted by molar-refractivity contribution is 7.89. The van der Waals surface area contributed by atoms with E-state index in [4.69, 9.17) is 0 Å². The topological polar surface area (TPSA) is 98.5 Å². The first-order valence-corrected chi connectivity index (χ1v) is 14.4. The van der Waals surface area contributed by atoms with Crippen molar-refractivity contribution in [1.29, 1.82) is 0 Å². The number of amides is 1. The minimum absolute atomic E-state index is 1.11. The van der Waals surface area contributed by atoms with Crippen LogP contribution in [-0.4, -0.2) is 27.0 Å². The maximum atomic E-state index is 10.8. The molecule has 32 heavy (non-hydrogen) atoms. The number of ether oxygens (including phenoxy) is 1. The van der Waals surface area contributed by atoms with E-state index in [0.29, 0.717) is 0 Å². The zero-order chi connectivity index (χ0) is 24.5. The summed E-state index contributed by atoms with van der Waals surface area (Å²) < 4.78 is 27.8. The van der Waals surface area contributed by atoms with Gasteiger partial charge in [0.1, 0.15) is 0 Å². The second-order valence-corrected chi connectivity index (χ2v) is 10.6. The van der Waals surface area contributed by atoms with Gasteiger partial charge in [-0.15, -0.1) is 0 Å². The normalized spacial score (nSPS) is 12.4. The maximum Gasteiger partial charge on any atom is 0.405 e. The quantitative estimate of drug-likeness (QED) is 0.143. The third-order valence-electron chi connectivity index (χ3n) is 5.46. The van der Waals surface area contributed by atoms with Crippen molar-refractivity contribution in [3.8, 4) is 0 Å². The summed E-state index contributed by atoms with van der Waals surface area (Å²) in [6, 6.07) is 0. The van der Waals surface area contributed by atoms with Crippen LogP contribution in [0.25, 0.3) is 0 Å².